The summed E-state index contributed by atoms with van der Waals surface area (Å²) < 4.78 is 49.1. The molecule has 6 nitrogen and oxygen atoms in total. The number of fused-ring (bicyclic) bond motifs is 1. The Bertz CT molecular complexity index is 1220. The highest BCUT2D eigenvalue weighted by atomic mass is 32.2. The van der Waals surface area contributed by atoms with E-state index in [1.807, 2.05) is 18.9 Å². The van der Waals surface area contributed by atoms with Gasteiger partial charge in [0.05, 0.1) is 6.61 Å². The largest absolute Gasteiger partial charge is 0.487 e. The molecule has 0 aromatic heterocycles. The summed E-state index contributed by atoms with van der Waals surface area (Å²) in [6.07, 6.45) is 1.84. The summed E-state index contributed by atoms with van der Waals surface area (Å²) in [4.78, 5) is 2.05. The van der Waals surface area contributed by atoms with Gasteiger partial charge in [-0.3, -0.25) is 4.90 Å². The molecule has 0 bridgehead atoms. The van der Waals surface area contributed by atoms with E-state index < -0.39 is 16.1 Å². The van der Waals surface area contributed by atoms with Gasteiger partial charge in [0.2, 0.25) is 10.0 Å². The molecule has 2 aromatic carbocycles. The van der Waals surface area contributed by atoms with E-state index in [0.29, 0.717) is 30.1 Å². The van der Waals surface area contributed by atoms with Crippen LogP contribution >= 0.6 is 0 Å². The first-order valence-corrected chi connectivity index (χ1v) is 13.5. The van der Waals surface area contributed by atoms with Gasteiger partial charge in [-0.1, -0.05) is 37.0 Å². The number of rotatable bonds is 6. The van der Waals surface area contributed by atoms with Gasteiger partial charge in [0.25, 0.3) is 0 Å². The zero-order valence-electron chi connectivity index (χ0n) is 20.4. The lowest BCUT2D eigenvalue weighted by Gasteiger charge is -2.37. The summed E-state index contributed by atoms with van der Waals surface area (Å²) in [5, 5.41) is 9.79. The van der Waals surface area contributed by atoms with E-state index in [0.717, 1.165) is 12.8 Å². The van der Waals surface area contributed by atoms with Crippen LogP contribution in [0.5, 0.6) is 5.75 Å². The van der Waals surface area contributed by atoms with Crippen LogP contribution in [0.3, 0.4) is 0 Å². The summed E-state index contributed by atoms with van der Waals surface area (Å²) in [5.41, 5.74) is 1.30. The number of halogens is 1. The average molecular weight is 501 g/mol. The van der Waals surface area contributed by atoms with Crippen LogP contribution < -0.4 is 4.74 Å². The SMILES string of the molecule is C[C@@H]1CN([C@H](C)CO)S(=O)(=O)c2ccc(C#CC3CC3)cc2O[C@@H]1CN(C)Cc1ccccc1F. The Balaban J connectivity index is 1.67. The summed E-state index contributed by atoms with van der Waals surface area (Å²) in [7, 11) is -2.00. The number of aliphatic hydroxyl groups excluding tert-OH is 1. The zero-order chi connectivity index (χ0) is 25.2. The standard InChI is InChI=1S/C27H33FN2O4S/c1-19-15-30(20(2)18-31)35(32,33)27-13-12-22(11-10-21-8-9-21)14-25(27)34-26(19)17-29(3)16-23-6-4-5-7-24(23)28/h4-7,12-14,19-21,26,31H,8-9,15-18H2,1-3H3/t19-,20-,26-/m1/s1. The summed E-state index contributed by atoms with van der Waals surface area (Å²) >= 11 is 0. The Kier molecular flexibility index (Phi) is 7.82. The number of hydrogen-bond acceptors (Lipinski definition) is 5. The van der Waals surface area contributed by atoms with E-state index in [1.165, 1.54) is 10.4 Å². The Labute approximate surface area is 207 Å². The molecule has 1 fully saturated rings. The van der Waals surface area contributed by atoms with E-state index in [2.05, 4.69) is 11.8 Å². The van der Waals surface area contributed by atoms with E-state index in [1.54, 1.807) is 43.3 Å². The van der Waals surface area contributed by atoms with Gasteiger partial charge in [0.1, 0.15) is 22.6 Å². The highest BCUT2D eigenvalue weighted by Crippen LogP contribution is 2.34. The first-order chi connectivity index (χ1) is 16.7. The van der Waals surface area contributed by atoms with Crippen LogP contribution in [0, 0.1) is 29.5 Å². The van der Waals surface area contributed by atoms with Gasteiger partial charge < -0.3 is 9.84 Å². The molecule has 0 unspecified atom stereocenters. The molecule has 4 rings (SSSR count). The maximum atomic E-state index is 14.2. The minimum absolute atomic E-state index is 0.0726. The third-order valence-electron chi connectivity index (χ3n) is 6.55. The van der Waals surface area contributed by atoms with Crippen LogP contribution in [0.2, 0.25) is 0 Å². The van der Waals surface area contributed by atoms with Crippen molar-refractivity contribution in [1.82, 2.24) is 9.21 Å². The number of sulfonamides is 1. The molecule has 1 aliphatic carbocycles. The number of ether oxygens (including phenoxy) is 1. The van der Waals surface area contributed by atoms with Gasteiger partial charge in [0.15, 0.2) is 0 Å². The van der Waals surface area contributed by atoms with Crippen molar-refractivity contribution in [2.24, 2.45) is 11.8 Å². The lowest BCUT2D eigenvalue weighted by atomic mass is 10.0. The Morgan fingerprint density at radius 3 is 2.69 bits per heavy atom. The third-order valence-corrected chi connectivity index (χ3v) is 8.57. The fourth-order valence-electron chi connectivity index (χ4n) is 4.22. The normalized spacial score (nSPS) is 22.8. The van der Waals surface area contributed by atoms with Crippen molar-refractivity contribution in [3.05, 3.63) is 59.4 Å². The number of nitrogens with zero attached hydrogens (tertiary/aromatic N) is 2. The van der Waals surface area contributed by atoms with Crippen molar-refractivity contribution < 1.29 is 22.7 Å². The topological polar surface area (TPSA) is 70.1 Å². The van der Waals surface area contributed by atoms with Crippen LogP contribution in [0.25, 0.3) is 0 Å². The molecule has 188 valence electrons. The van der Waals surface area contributed by atoms with Crippen LogP contribution in [0.15, 0.2) is 47.4 Å². The predicted octanol–water partition coefficient (Wildman–Crippen LogP) is 3.49. The molecule has 2 aliphatic rings. The highest BCUT2D eigenvalue weighted by molar-refractivity contribution is 7.89. The molecule has 0 saturated heterocycles. The van der Waals surface area contributed by atoms with Gasteiger partial charge in [0, 0.05) is 48.6 Å². The minimum atomic E-state index is -3.89. The molecule has 1 heterocycles. The Morgan fingerprint density at radius 1 is 1.26 bits per heavy atom. The van der Waals surface area contributed by atoms with Gasteiger partial charge in [-0.25, -0.2) is 12.8 Å². The first kappa shape index (κ1) is 25.6. The molecule has 0 radical (unpaired) electrons. The molecule has 2 aromatic rings. The quantitative estimate of drug-likeness (QED) is 0.615. The van der Waals surface area contributed by atoms with Crippen molar-refractivity contribution in [2.75, 3.05) is 26.7 Å². The van der Waals surface area contributed by atoms with Crippen molar-refractivity contribution in [1.29, 1.82) is 0 Å². The fourth-order valence-corrected chi connectivity index (χ4v) is 6.05. The van der Waals surface area contributed by atoms with E-state index >= 15 is 0 Å². The second kappa shape index (κ2) is 10.7. The number of aliphatic hydroxyl groups is 1. The molecule has 0 spiro atoms. The molecule has 8 heteroatoms. The summed E-state index contributed by atoms with van der Waals surface area (Å²) in [6.45, 7) is 4.41. The zero-order valence-corrected chi connectivity index (χ0v) is 21.3. The van der Waals surface area contributed by atoms with Gasteiger partial charge in [-0.15, -0.1) is 0 Å². The van der Waals surface area contributed by atoms with E-state index in [4.69, 9.17) is 4.74 Å². The van der Waals surface area contributed by atoms with Crippen LogP contribution in [0.4, 0.5) is 4.39 Å². The molecule has 35 heavy (non-hydrogen) atoms. The maximum absolute atomic E-state index is 14.2. The summed E-state index contributed by atoms with van der Waals surface area (Å²) in [6, 6.07) is 11.0. The Morgan fingerprint density at radius 2 is 2.00 bits per heavy atom. The molecule has 1 N–H and O–H groups in total. The average Bonchev–Trinajstić information content (AvgIpc) is 3.65. The van der Waals surface area contributed by atoms with Gasteiger partial charge >= 0.3 is 0 Å². The monoisotopic (exact) mass is 500 g/mol. The first-order valence-electron chi connectivity index (χ1n) is 12.1. The van der Waals surface area contributed by atoms with Gasteiger partial charge in [-0.2, -0.15) is 4.31 Å². The lowest BCUT2D eigenvalue weighted by molar-refractivity contribution is 0.0731. The fraction of sp³-hybridized carbons (Fsp3) is 0.481. The highest BCUT2D eigenvalue weighted by Gasteiger charge is 2.38. The summed E-state index contributed by atoms with van der Waals surface area (Å²) in [5.74, 6) is 6.58. The van der Waals surface area contributed by atoms with E-state index in [9.17, 15) is 17.9 Å². The lowest BCUT2D eigenvalue weighted by Crippen LogP contribution is -2.49. The minimum Gasteiger partial charge on any atom is -0.487 e. The van der Waals surface area contributed by atoms with Crippen molar-refractivity contribution >= 4 is 10.0 Å². The van der Waals surface area contributed by atoms with Crippen LogP contribution in [0.1, 0.15) is 37.8 Å². The second-order valence-electron chi connectivity index (χ2n) is 9.73. The number of hydrogen-bond donors (Lipinski definition) is 1. The second-order valence-corrected chi connectivity index (χ2v) is 11.6. The molecular formula is C27H33FN2O4S. The van der Waals surface area contributed by atoms with Crippen molar-refractivity contribution in [3.63, 3.8) is 0 Å². The molecule has 1 saturated carbocycles. The smallest absolute Gasteiger partial charge is 0.247 e. The predicted molar refractivity (Wildman–Crippen MR) is 133 cm³/mol. The van der Waals surface area contributed by atoms with Crippen LogP contribution in [-0.2, 0) is 16.6 Å². The molecule has 1 aliphatic heterocycles. The molecule has 0 amide bonds. The van der Waals surface area contributed by atoms with Crippen molar-refractivity contribution in [3.8, 4) is 17.6 Å². The molecular weight excluding hydrogens is 467 g/mol. The number of likely N-dealkylation sites (N-methyl/N-ethyl adjacent to an activating group) is 1. The molecule has 3 atom stereocenters. The van der Waals surface area contributed by atoms with Crippen molar-refractivity contribution in [2.45, 2.75) is 50.3 Å². The van der Waals surface area contributed by atoms with E-state index in [-0.39, 0.29) is 41.6 Å². The maximum Gasteiger partial charge on any atom is 0.247 e. The number of benzene rings is 2. The van der Waals surface area contributed by atoms with Crippen LogP contribution in [-0.4, -0.2) is 61.6 Å². The third kappa shape index (κ3) is 6.04. The Hall–Kier alpha value is -2.44. The van der Waals surface area contributed by atoms with Gasteiger partial charge in [-0.05, 0) is 51.1 Å².